The lowest BCUT2D eigenvalue weighted by Gasteiger charge is -2.08. The Morgan fingerprint density at radius 3 is 2.94 bits per heavy atom. The Hall–Kier alpha value is -1.36. The number of hydrogen-bond acceptors (Lipinski definition) is 2. The van der Waals surface area contributed by atoms with Gasteiger partial charge in [0.15, 0.2) is 0 Å². The molecule has 0 spiro atoms. The Morgan fingerprint density at radius 2 is 2.24 bits per heavy atom. The molecule has 2 aromatic rings. The minimum atomic E-state index is -0.240. The van der Waals surface area contributed by atoms with Crippen molar-refractivity contribution in [1.82, 2.24) is 9.78 Å². The Labute approximate surface area is 108 Å². The first-order valence-corrected chi connectivity index (χ1v) is 6.12. The highest BCUT2D eigenvalue weighted by molar-refractivity contribution is 9.10. The zero-order valence-corrected chi connectivity index (χ0v) is 11.0. The fraction of sp³-hybridized carbons (Fsp3) is 0.250. The number of hydrogen-bond donors (Lipinski definition) is 1. The van der Waals surface area contributed by atoms with E-state index >= 15 is 0 Å². The van der Waals surface area contributed by atoms with Crippen LogP contribution < -0.4 is 5.32 Å². The topological polar surface area (TPSA) is 29.9 Å². The van der Waals surface area contributed by atoms with Gasteiger partial charge < -0.3 is 5.32 Å². The second-order valence-electron chi connectivity index (χ2n) is 3.75. The minimum Gasteiger partial charge on any atom is -0.384 e. The van der Waals surface area contributed by atoms with E-state index in [9.17, 15) is 4.39 Å². The quantitative estimate of drug-likeness (QED) is 0.940. The Kier molecular flexibility index (Phi) is 3.78. The van der Waals surface area contributed by atoms with E-state index in [4.69, 9.17) is 0 Å². The average molecular weight is 298 g/mol. The summed E-state index contributed by atoms with van der Waals surface area (Å²) in [6.45, 7) is 0.738. The first-order valence-electron chi connectivity index (χ1n) is 5.32. The number of aryl methyl sites for hydroxylation is 1. The van der Waals surface area contributed by atoms with Crippen molar-refractivity contribution in [2.75, 3.05) is 11.9 Å². The number of halogens is 2. The molecule has 0 aliphatic carbocycles. The van der Waals surface area contributed by atoms with Crippen LogP contribution in [0.3, 0.4) is 0 Å². The lowest BCUT2D eigenvalue weighted by molar-refractivity contribution is 0.628. The van der Waals surface area contributed by atoms with Crippen molar-refractivity contribution in [2.45, 2.75) is 6.42 Å². The summed E-state index contributed by atoms with van der Waals surface area (Å²) in [7, 11) is 1.91. The van der Waals surface area contributed by atoms with E-state index in [1.807, 2.05) is 17.8 Å². The summed E-state index contributed by atoms with van der Waals surface area (Å²) >= 11 is 3.38. The van der Waals surface area contributed by atoms with Gasteiger partial charge in [-0.3, -0.25) is 4.68 Å². The molecular formula is C12H13BrFN3. The maximum Gasteiger partial charge on any atom is 0.125 e. The molecule has 0 unspecified atom stereocenters. The number of rotatable bonds is 4. The standard InChI is InChI=1S/C12H13BrFN3/c1-17-10(5-7-16-17)4-6-15-12-8-9(14)2-3-11(12)13/h2-3,5,7-8,15H,4,6H2,1H3. The van der Waals surface area contributed by atoms with Crippen molar-refractivity contribution < 1.29 is 4.39 Å². The highest BCUT2D eigenvalue weighted by atomic mass is 79.9. The third kappa shape index (κ3) is 3.06. The predicted molar refractivity (Wildman–Crippen MR) is 69.5 cm³/mol. The van der Waals surface area contributed by atoms with Crippen molar-refractivity contribution in [2.24, 2.45) is 7.05 Å². The number of anilines is 1. The van der Waals surface area contributed by atoms with Crippen molar-refractivity contribution in [1.29, 1.82) is 0 Å². The lowest BCUT2D eigenvalue weighted by Crippen LogP contribution is -2.08. The second-order valence-corrected chi connectivity index (χ2v) is 4.60. The molecule has 17 heavy (non-hydrogen) atoms. The number of benzene rings is 1. The molecule has 0 aliphatic heterocycles. The van der Waals surface area contributed by atoms with Gasteiger partial charge in [-0.2, -0.15) is 5.10 Å². The summed E-state index contributed by atoms with van der Waals surface area (Å²) < 4.78 is 15.7. The van der Waals surface area contributed by atoms with E-state index in [0.717, 1.165) is 28.8 Å². The average Bonchev–Trinajstić information content (AvgIpc) is 2.70. The van der Waals surface area contributed by atoms with Crippen LogP contribution in [0.5, 0.6) is 0 Å². The first-order chi connectivity index (χ1) is 8.16. The van der Waals surface area contributed by atoms with Crippen molar-refractivity contribution in [3.8, 4) is 0 Å². The van der Waals surface area contributed by atoms with E-state index in [2.05, 4.69) is 26.3 Å². The van der Waals surface area contributed by atoms with Crippen LogP contribution >= 0.6 is 15.9 Å². The molecule has 2 rings (SSSR count). The molecular weight excluding hydrogens is 285 g/mol. The van der Waals surface area contributed by atoms with Gasteiger partial charge in [0.25, 0.3) is 0 Å². The summed E-state index contributed by atoms with van der Waals surface area (Å²) in [6, 6.07) is 6.58. The normalized spacial score (nSPS) is 10.5. The van der Waals surface area contributed by atoms with Gasteiger partial charge in [-0.1, -0.05) is 0 Å². The molecule has 0 atom stereocenters. The van der Waals surface area contributed by atoms with E-state index in [-0.39, 0.29) is 5.82 Å². The van der Waals surface area contributed by atoms with Crippen LogP contribution in [-0.4, -0.2) is 16.3 Å². The van der Waals surface area contributed by atoms with E-state index in [0.29, 0.717) is 0 Å². The largest absolute Gasteiger partial charge is 0.384 e. The summed E-state index contributed by atoms with van der Waals surface area (Å²) in [5.74, 6) is -0.240. The van der Waals surface area contributed by atoms with E-state index in [1.54, 1.807) is 12.3 Å². The molecule has 0 saturated heterocycles. The van der Waals surface area contributed by atoms with Gasteiger partial charge in [0, 0.05) is 36.4 Å². The van der Waals surface area contributed by atoms with Gasteiger partial charge in [0.2, 0.25) is 0 Å². The fourth-order valence-electron chi connectivity index (χ4n) is 1.60. The molecule has 1 heterocycles. The second kappa shape index (κ2) is 5.31. The van der Waals surface area contributed by atoms with Crippen LogP contribution in [0, 0.1) is 5.82 Å². The van der Waals surface area contributed by atoms with Gasteiger partial charge >= 0.3 is 0 Å². The van der Waals surface area contributed by atoms with E-state index in [1.165, 1.54) is 12.1 Å². The molecule has 5 heteroatoms. The van der Waals surface area contributed by atoms with Crippen molar-refractivity contribution in [3.63, 3.8) is 0 Å². The molecule has 1 aromatic carbocycles. The predicted octanol–water partition coefficient (Wildman–Crippen LogP) is 2.98. The number of nitrogens with zero attached hydrogens (tertiary/aromatic N) is 2. The van der Waals surface area contributed by atoms with Gasteiger partial charge in [-0.15, -0.1) is 0 Å². The van der Waals surface area contributed by atoms with Crippen LogP contribution in [0.25, 0.3) is 0 Å². The summed E-state index contributed by atoms with van der Waals surface area (Å²) in [5, 5.41) is 7.28. The Balaban J connectivity index is 1.94. The third-order valence-electron chi connectivity index (χ3n) is 2.55. The minimum absolute atomic E-state index is 0.240. The molecule has 3 nitrogen and oxygen atoms in total. The number of nitrogens with one attached hydrogen (secondary N) is 1. The zero-order valence-electron chi connectivity index (χ0n) is 9.45. The van der Waals surface area contributed by atoms with Crippen LogP contribution in [0.1, 0.15) is 5.69 Å². The van der Waals surface area contributed by atoms with Crippen molar-refractivity contribution >= 4 is 21.6 Å². The molecule has 0 fully saturated rings. The molecule has 0 radical (unpaired) electrons. The van der Waals surface area contributed by atoms with Gasteiger partial charge in [-0.05, 0) is 40.2 Å². The monoisotopic (exact) mass is 297 g/mol. The summed E-state index contributed by atoms with van der Waals surface area (Å²) in [6.07, 6.45) is 2.62. The Morgan fingerprint density at radius 1 is 1.41 bits per heavy atom. The fourth-order valence-corrected chi connectivity index (χ4v) is 1.99. The molecule has 0 bridgehead atoms. The van der Waals surface area contributed by atoms with Crippen LogP contribution in [0.2, 0.25) is 0 Å². The number of aromatic nitrogens is 2. The van der Waals surface area contributed by atoms with Crippen LogP contribution in [0.4, 0.5) is 10.1 Å². The molecule has 0 aliphatic rings. The van der Waals surface area contributed by atoms with Gasteiger partial charge in [0.05, 0.1) is 5.69 Å². The van der Waals surface area contributed by atoms with Gasteiger partial charge in [-0.25, -0.2) is 4.39 Å². The maximum atomic E-state index is 13.0. The van der Waals surface area contributed by atoms with Crippen LogP contribution in [0.15, 0.2) is 34.9 Å². The molecule has 0 saturated carbocycles. The zero-order chi connectivity index (χ0) is 12.3. The van der Waals surface area contributed by atoms with Gasteiger partial charge in [0.1, 0.15) is 5.82 Å². The van der Waals surface area contributed by atoms with E-state index < -0.39 is 0 Å². The van der Waals surface area contributed by atoms with Crippen molar-refractivity contribution in [3.05, 3.63) is 46.4 Å². The Bertz CT molecular complexity index is 510. The summed E-state index contributed by atoms with van der Waals surface area (Å²) in [4.78, 5) is 0. The molecule has 1 N–H and O–H groups in total. The highest BCUT2D eigenvalue weighted by Gasteiger charge is 2.02. The first kappa shape index (κ1) is 12.1. The maximum absolute atomic E-state index is 13.0. The molecule has 1 aromatic heterocycles. The third-order valence-corrected chi connectivity index (χ3v) is 3.24. The summed E-state index contributed by atoms with van der Waals surface area (Å²) in [5.41, 5.74) is 1.91. The smallest absolute Gasteiger partial charge is 0.125 e. The SMILES string of the molecule is Cn1nccc1CCNc1cc(F)ccc1Br. The molecule has 0 amide bonds. The highest BCUT2D eigenvalue weighted by Crippen LogP contribution is 2.22. The molecule has 90 valence electrons. The lowest BCUT2D eigenvalue weighted by atomic mass is 10.2. The van der Waals surface area contributed by atoms with Crippen LogP contribution in [-0.2, 0) is 13.5 Å².